The van der Waals surface area contributed by atoms with Crippen molar-refractivity contribution in [1.82, 2.24) is 10.7 Å². The predicted molar refractivity (Wildman–Crippen MR) is 72.8 cm³/mol. The quantitative estimate of drug-likeness (QED) is 0.188. The summed E-state index contributed by atoms with van der Waals surface area (Å²) in [6, 6.07) is 0. The van der Waals surface area contributed by atoms with Crippen molar-refractivity contribution in [2.75, 3.05) is 26.3 Å². The average Bonchev–Trinajstić information content (AvgIpc) is 2.31. The van der Waals surface area contributed by atoms with Crippen molar-refractivity contribution in [3.63, 3.8) is 0 Å². The van der Waals surface area contributed by atoms with Crippen molar-refractivity contribution in [2.45, 2.75) is 40.0 Å². The van der Waals surface area contributed by atoms with Gasteiger partial charge in [0.05, 0.1) is 6.61 Å². The largest absolute Gasteiger partial charge is 0.380 e. The molecule has 0 aliphatic carbocycles. The highest BCUT2D eigenvalue weighted by molar-refractivity contribution is 5.79. The molecule has 0 radical (unpaired) electrons. The van der Waals surface area contributed by atoms with E-state index >= 15 is 0 Å². The third-order valence-electron chi connectivity index (χ3n) is 2.30. The van der Waals surface area contributed by atoms with Gasteiger partial charge < -0.3 is 10.1 Å². The van der Waals surface area contributed by atoms with Crippen LogP contribution in [0.4, 0.5) is 0 Å². The molecule has 0 saturated heterocycles. The molecule has 0 aromatic heterocycles. The van der Waals surface area contributed by atoms with Crippen molar-refractivity contribution < 1.29 is 4.74 Å². The van der Waals surface area contributed by atoms with Gasteiger partial charge in [0.15, 0.2) is 0 Å². The highest BCUT2D eigenvalue weighted by Crippen LogP contribution is 1.98. The average molecular weight is 244 g/mol. The molecule has 0 aliphatic heterocycles. The minimum atomic E-state index is 0.644. The normalized spacial score (nSPS) is 11.9. The fourth-order valence-corrected chi connectivity index (χ4v) is 1.16. The van der Waals surface area contributed by atoms with Crippen molar-refractivity contribution in [3.05, 3.63) is 0 Å². The van der Waals surface area contributed by atoms with E-state index in [1.807, 2.05) is 0 Å². The van der Waals surface area contributed by atoms with Crippen LogP contribution < -0.4 is 16.6 Å². The van der Waals surface area contributed by atoms with E-state index in [1.165, 1.54) is 0 Å². The van der Waals surface area contributed by atoms with Gasteiger partial charge >= 0.3 is 0 Å². The van der Waals surface area contributed by atoms with Crippen LogP contribution in [0.25, 0.3) is 0 Å². The molecule has 0 unspecified atom stereocenters. The molecular weight excluding hydrogens is 216 g/mol. The summed E-state index contributed by atoms with van der Waals surface area (Å²) in [6.45, 7) is 9.56. The second-order valence-corrected chi connectivity index (χ2v) is 4.45. The molecule has 5 heteroatoms. The molecule has 0 aromatic carbocycles. The maximum Gasteiger partial charge on any atom is 0.205 e. The molecule has 17 heavy (non-hydrogen) atoms. The Morgan fingerprint density at radius 2 is 2.12 bits per heavy atom. The number of unbranched alkanes of at least 4 members (excludes halogenated alkanes) is 1. The van der Waals surface area contributed by atoms with Crippen LogP contribution in [0.1, 0.15) is 40.0 Å². The van der Waals surface area contributed by atoms with E-state index in [9.17, 15) is 0 Å². The van der Waals surface area contributed by atoms with Crippen LogP contribution >= 0.6 is 0 Å². The van der Waals surface area contributed by atoms with Gasteiger partial charge in [-0.2, -0.15) is 0 Å². The Labute approximate surface area is 105 Å². The number of hydrogen-bond acceptors (Lipinski definition) is 3. The molecule has 4 N–H and O–H groups in total. The minimum absolute atomic E-state index is 0.644. The first-order valence-corrected chi connectivity index (χ1v) is 6.53. The van der Waals surface area contributed by atoms with E-state index < -0.39 is 0 Å². The van der Waals surface area contributed by atoms with Gasteiger partial charge in [0.2, 0.25) is 5.96 Å². The number of ether oxygens (including phenoxy) is 1. The minimum Gasteiger partial charge on any atom is -0.380 e. The zero-order valence-corrected chi connectivity index (χ0v) is 11.5. The fourth-order valence-electron chi connectivity index (χ4n) is 1.16. The number of nitrogens with zero attached hydrogens (tertiary/aromatic N) is 1. The molecule has 0 fully saturated rings. The number of guanidine groups is 1. The van der Waals surface area contributed by atoms with Crippen LogP contribution in [0, 0.1) is 5.92 Å². The lowest BCUT2D eigenvalue weighted by Gasteiger charge is -2.10. The molecule has 0 saturated carbocycles. The number of aliphatic imine (C=N–C) groups is 1. The topological polar surface area (TPSA) is 71.7 Å². The number of hydrazine groups is 1. The lowest BCUT2D eigenvalue weighted by molar-refractivity contribution is 0.128. The first-order chi connectivity index (χ1) is 8.20. The molecule has 0 aliphatic rings. The second kappa shape index (κ2) is 11.7. The smallest absolute Gasteiger partial charge is 0.205 e. The van der Waals surface area contributed by atoms with Gasteiger partial charge in [-0.1, -0.05) is 27.2 Å². The predicted octanol–water partition coefficient (Wildman–Crippen LogP) is 1.26. The molecule has 0 spiro atoms. The van der Waals surface area contributed by atoms with Crippen LogP contribution in [-0.2, 0) is 4.74 Å². The third-order valence-corrected chi connectivity index (χ3v) is 2.30. The molecule has 0 aromatic rings. The zero-order chi connectivity index (χ0) is 12.9. The Bertz CT molecular complexity index is 195. The Morgan fingerprint density at radius 1 is 1.35 bits per heavy atom. The van der Waals surface area contributed by atoms with Gasteiger partial charge in [0, 0.05) is 19.7 Å². The second-order valence-electron chi connectivity index (χ2n) is 4.45. The fraction of sp³-hybridized carbons (Fsp3) is 0.917. The summed E-state index contributed by atoms with van der Waals surface area (Å²) < 4.78 is 5.48. The lowest BCUT2D eigenvalue weighted by atomic mass is 10.1. The van der Waals surface area contributed by atoms with Crippen molar-refractivity contribution >= 4 is 5.96 Å². The van der Waals surface area contributed by atoms with E-state index in [1.54, 1.807) is 0 Å². The summed E-state index contributed by atoms with van der Waals surface area (Å²) in [5.41, 5.74) is 2.55. The molecule has 5 nitrogen and oxygen atoms in total. The molecule has 0 bridgehead atoms. The van der Waals surface area contributed by atoms with Crippen LogP contribution in [-0.4, -0.2) is 32.3 Å². The molecule has 0 rings (SSSR count). The summed E-state index contributed by atoms with van der Waals surface area (Å²) in [7, 11) is 0. The molecule has 0 atom stereocenters. The summed E-state index contributed by atoms with van der Waals surface area (Å²) in [5, 5.41) is 3.11. The summed E-state index contributed by atoms with van der Waals surface area (Å²) in [6.07, 6.45) is 3.32. The van der Waals surface area contributed by atoms with Gasteiger partial charge in [0.1, 0.15) is 0 Å². The van der Waals surface area contributed by atoms with E-state index in [0.29, 0.717) is 18.5 Å². The van der Waals surface area contributed by atoms with Crippen molar-refractivity contribution in [3.8, 4) is 0 Å². The van der Waals surface area contributed by atoms with Gasteiger partial charge in [0.25, 0.3) is 0 Å². The number of hydrogen-bond donors (Lipinski definition) is 3. The van der Waals surface area contributed by atoms with Crippen LogP contribution in [0.2, 0.25) is 0 Å². The highest BCUT2D eigenvalue weighted by Gasteiger charge is 1.96. The number of nitrogens with one attached hydrogen (secondary N) is 2. The zero-order valence-electron chi connectivity index (χ0n) is 11.5. The highest BCUT2D eigenvalue weighted by atomic mass is 16.5. The Morgan fingerprint density at radius 3 is 2.71 bits per heavy atom. The third kappa shape index (κ3) is 11.5. The maximum absolute atomic E-state index is 5.48. The Hall–Kier alpha value is -0.810. The first-order valence-electron chi connectivity index (χ1n) is 6.53. The maximum atomic E-state index is 5.48. The number of nitrogens with two attached hydrogens (primary N) is 1. The van der Waals surface area contributed by atoms with Crippen molar-refractivity contribution in [2.24, 2.45) is 16.8 Å². The van der Waals surface area contributed by atoms with E-state index in [-0.39, 0.29) is 0 Å². The van der Waals surface area contributed by atoms with Crippen LogP contribution in [0.3, 0.4) is 0 Å². The lowest BCUT2D eigenvalue weighted by Crippen LogP contribution is -2.43. The molecular formula is C12H28N4O. The number of rotatable bonds is 9. The summed E-state index contributed by atoms with van der Waals surface area (Å²) in [5.74, 6) is 6.69. The first kappa shape index (κ1) is 16.2. The Kier molecular flexibility index (Phi) is 11.1. The van der Waals surface area contributed by atoms with Gasteiger partial charge in [-0.25, -0.2) is 5.84 Å². The SMILES string of the molecule is CCCCN=C(NN)NCCOCCC(C)C. The van der Waals surface area contributed by atoms with Crippen LogP contribution in [0.15, 0.2) is 4.99 Å². The van der Waals surface area contributed by atoms with Crippen LogP contribution in [0.5, 0.6) is 0 Å². The molecule has 0 heterocycles. The molecule has 102 valence electrons. The summed E-state index contributed by atoms with van der Waals surface area (Å²) in [4.78, 5) is 4.29. The van der Waals surface area contributed by atoms with Crippen molar-refractivity contribution in [1.29, 1.82) is 0 Å². The van der Waals surface area contributed by atoms with Gasteiger partial charge in [-0.05, 0) is 18.8 Å². The van der Waals surface area contributed by atoms with E-state index in [0.717, 1.165) is 39.0 Å². The van der Waals surface area contributed by atoms with Gasteiger partial charge in [-0.3, -0.25) is 10.4 Å². The monoisotopic (exact) mass is 244 g/mol. The van der Waals surface area contributed by atoms with E-state index in [2.05, 4.69) is 36.5 Å². The van der Waals surface area contributed by atoms with E-state index in [4.69, 9.17) is 10.6 Å². The Balaban J connectivity index is 3.46. The molecule has 0 amide bonds. The van der Waals surface area contributed by atoms with Gasteiger partial charge in [-0.15, -0.1) is 0 Å². The summed E-state index contributed by atoms with van der Waals surface area (Å²) >= 11 is 0. The standard InChI is InChI=1S/C12H28N4O/c1-4-5-7-14-12(16-13)15-8-10-17-9-6-11(2)3/h11H,4-10,13H2,1-3H3,(H2,14,15,16).